The monoisotopic (exact) mass is 384 g/mol. The molecule has 28 heavy (non-hydrogen) atoms. The number of carbonyl (C=O) groups excluding carboxylic acids is 4. The number of nitrogens with two attached hydrogens (primary N) is 1. The van der Waals surface area contributed by atoms with E-state index < -0.39 is 23.8 Å². The lowest BCUT2D eigenvalue weighted by Crippen LogP contribution is -2.54. The maximum Gasteiger partial charge on any atom is 0.262 e. The quantitative estimate of drug-likeness (QED) is 0.730. The van der Waals surface area contributed by atoms with Crippen LogP contribution >= 0.6 is 0 Å². The number of rotatable bonds is 3. The van der Waals surface area contributed by atoms with E-state index in [9.17, 15) is 19.2 Å². The summed E-state index contributed by atoms with van der Waals surface area (Å²) < 4.78 is 0. The second-order valence-corrected chi connectivity index (χ2v) is 7.79. The third kappa shape index (κ3) is 3.45. The van der Waals surface area contributed by atoms with Crippen LogP contribution in [0.3, 0.4) is 0 Å². The lowest BCUT2D eigenvalue weighted by molar-refractivity contribution is -0.136. The SMILES string of the molecule is NC1CCCN(Cc2ccc3c(c2)C(=O)N(C2CCC(=O)NC2=O)C3=O)CC1. The van der Waals surface area contributed by atoms with Gasteiger partial charge in [0.05, 0.1) is 11.1 Å². The van der Waals surface area contributed by atoms with E-state index in [2.05, 4.69) is 10.2 Å². The Balaban J connectivity index is 1.52. The van der Waals surface area contributed by atoms with Crippen molar-refractivity contribution in [2.75, 3.05) is 13.1 Å². The molecule has 2 atom stereocenters. The predicted octanol–water partition coefficient (Wildman–Crippen LogP) is 0.401. The van der Waals surface area contributed by atoms with Gasteiger partial charge in [0, 0.05) is 19.0 Å². The van der Waals surface area contributed by atoms with Gasteiger partial charge in [-0.1, -0.05) is 6.07 Å². The predicted molar refractivity (Wildman–Crippen MR) is 100 cm³/mol. The smallest absolute Gasteiger partial charge is 0.262 e. The van der Waals surface area contributed by atoms with Crippen molar-refractivity contribution in [2.45, 2.75) is 50.7 Å². The molecule has 2 fully saturated rings. The van der Waals surface area contributed by atoms with E-state index in [1.165, 1.54) is 0 Å². The van der Waals surface area contributed by atoms with Crippen molar-refractivity contribution in [1.82, 2.24) is 15.1 Å². The second kappa shape index (κ2) is 7.44. The third-order valence-electron chi connectivity index (χ3n) is 5.78. The molecule has 3 aliphatic heterocycles. The number of imide groups is 2. The van der Waals surface area contributed by atoms with Crippen molar-refractivity contribution in [3.8, 4) is 0 Å². The molecular formula is C20H24N4O4. The summed E-state index contributed by atoms with van der Waals surface area (Å²) in [5.41, 5.74) is 7.64. The number of nitrogens with zero attached hydrogens (tertiary/aromatic N) is 2. The summed E-state index contributed by atoms with van der Waals surface area (Å²) >= 11 is 0. The van der Waals surface area contributed by atoms with E-state index in [4.69, 9.17) is 5.73 Å². The Morgan fingerprint density at radius 1 is 1.00 bits per heavy atom. The highest BCUT2D eigenvalue weighted by atomic mass is 16.2. The van der Waals surface area contributed by atoms with Crippen LogP contribution in [-0.2, 0) is 16.1 Å². The maximum atomic E-state index is 12.9. The molecule has 1 aromatic rings. The number of hydrogen-bond acceptors (Lipinski definition) is 6. The molecule has 0 saturated carbocycles. The van der Waals surface area contributed by atoms with Gasteiger partial charge < -0.3 is 5.73 Å². The van der Waals surface area contributed by atoms with Crippen LogP contribution in [0.2, 0.25) is 0 Å². The van der Waals surface area contributed by atoms with Crippen LogP contribution in [0.15, 0.2) is 18.2 Å². The summed E-state index contributed by atoms with van der Waals surface area (Å²) in [7, 11) is 0. The van der Waals surface area contributed by atoms with Gasteiger partial charge in [-0.05, 0) is 56.5 Å². The number of likely N-dealkylation sites (tertiary alicyclic amines) is 1. The van der Waals surface area contributed by atoms with Crippen molar-refractivity contribution in [3.63, 3.8) is 0 Å². The van der Waals surface area contributed by atoms with E-state index in [0.717, 1.165) is 42.8 Å². The fraction of sp³-hybridized carbons (Fsp3) is 0.500. The molecule has 8 nitrogen and oxygen atoms in total. The largest absolute Gasteiger partial charge is 0.328 e. The molecule has 148 valence electrons. The Kier molecular flexibility index (Phi) is 4.99. The van der Waals surface area contributed by atoms with Gasteiger partial charge in [0.25, 0.3) is 11.8 Å². The van der Waals surface area contributed by atoms with Gasteiger partial charge in [-0.25, -0.2) is 0 Å². The van der Waals surface area contributed by atoms with Gasteiger partial charge in [-0.15, -0.1) is 0 Å². The Hall–Kier alpha value is -2.58. The average molecular weight is 384 g/mol. The fourth-order valence-electron chi connectivity index (χ4n) is 4.21. The van der Waals surface area contributed by atoms with Crippen LogP contribution in [0, 0.1) is 0 Å². The van der Waals surface area contributed by atoms with Crippen molar-refractivity contribution in [1.29, 1.82) is 0 Å². The molecular weight excluding hydrogens is 360 g/mol. The van der Waals surface area contributed by atoms with E-state index in [1.807, 2.05) is 6.07 Å². The summed E-state index contributed by atoms with van der Waals surface area (Å²) in [6.07, 6.45) is 3.30. The Morgan fingerprint density at radius 3 is 2.57 bits per heavy atom. The fourth-order valence-corrected chi connectivity index (χ4v) is 4.21. The number of fused-ring (bicyclic) bond motifs is 1. The minimum absolute atomic E-state index is 0.117. The lowest BCUT2D eigenvalue weighted by Gasteiger charge is -2.27. The first-order valence-electron chi connectivity index (χ1n) is 9.76. The zero-order valence-corrected chi connectivity index (χ0v) is 15.6. The van der Waals surface area contributed by atoms with Gasteiger partial charge >= 0.3 is 0 Å². The van der Waals surface area contributed by atoms with Gasteiger partial charge in [0.1, 0.15) is 6.04 Å². The Labute approximate surface area is 163 Å². The van der Waals surface area contributed by atoms with Crippen molar-refractivity contribution in [2.24, 2.45) is 5.73 Å². The molecule has 4 rings (SSSR count). The van der Waals surface area contributed by atoms with Crippen LogP contribution in [0.4, 0.5) is 0 Å². The molecule has 1 aromatic carbocycles. The first-order valence-corrected chi connectivity index (χ1v) is 9.76. The molecule has 0 spiro atoms. The van der Waals surface area contributed by atoms with Crippen LogP contribution < -0.4 is 11.1 Å². The molecule has 8 heteroatoms. The van der Waals surface area contributed by atoms with Crippen LogP contribution in [0.5, 0.6) is 0 Å². The number of carbonyl (C=O) groups is 4. The number of piperidine rings is 1. The van der Waals surface area contributed by atoms with E-state index in [-0.39, 0.29) is 24.8 Å². The molecule has 3 heterocycles. The van der Waals surface area contributed by atoms with E-state index >= 15 is 0 Å². The van der Waals surface area contributed by atoms with E-state index in [1.54, 1.807) is 12.1 Å². The summed E-state index contributed by atoms with van der Waals surface area (Å²) in [6.45, 7) is 2.56. The number of hydrogen-bond donors (Lipinski definition) is 2. The van der Waals surface area contributed by atoms with E-state index in [0.29, 0.717) is 17.7 Å². The molecule has 2 saturated heterocycles. The average Bonchev–Trinajstić information content (AvgIpc) is 2.79. The summed E-state index contributed by atoms with van der Waals surface area (Å²) in [4.78, 5) is 52.4. The zero-order valence-electron chi connectivity index (χ0n) is 15.6. The highest BCUT2D eigenvalue weighted by Gasteiger charge is 2.44. The summed E-state index contributed by atoms with van der Waals surface area (Å²) in [5, 5.41) is 2.21. The van der Waals surface area contributed by atoms with Crippen LogP contribution in [0.1, 0.15) is 58.4 Å². The molecule has 0 aromatic heterocycles. The summed E-state index contributed by atoms with van der Waals surface area (Å²) in [5.74, 6) is -1.90. The molecule has 0 aliphatic carbocycles. The molecule has 3 aliphatic rings. The normalized spacial score (nSPS) is 26.2. The maximum absolute atomic E-state index is 12.9. The third-order valence-corrected chi connectivity index (χ3v) is 5.78. The first kappa shape index (κ1) is 18.8. The highest BCUT2D eigenvalue weighted by Crippen LogP contribution is 2.28. The molecule has 3 N–H and O–H groups in total. The van der Waals surface area contributed by atoms with Crippen molar-refractivity contribution < 1.29 is 19.2 Å². The second-order valence-electron chi connectivity index (χ2n) is 7.79. The van der Waals surface area contributed by atoms with Gasteiger partial charge in [-0.2, -0.15) is 0 Å². The number of amides is 4. The van der Waals surface area contributed by atoms with Crippen molar-refractivity contribution in [3.05, 3.63) is 34.9 Å². The topological polar surface area (TPSA) is 113 Å². The van der Waals surface area contributed by atoms with Gasteiger partial charge in [-0.3, -0.25) is 34.3 Å². The van der Waals surface area contributed by atoms with Crippen molar-refractivity contribution >= 4 is 23.6 Å². The number of nitrogens with one attached hydrogen (secondary N) is 1. The van der Waals surface area contributed by atoms with Crippen LogP contribution in [-0.4, -0.2) is 58.6 Å². The van der Waals surface area contributed by atoms with Gasteiger partial charge in [0.15, 0.2) is 0 Å². The standard InChI is InChI=1S/C20H24N4O4/c21-13-2-1-8-23(9-7-13)11-12-3-4-14-15(10-12)20(28)24(19(14)27)16-5-6-17(25)22-18(16)26/h3-4,10,13,16H,1-2,5-9,11,21H2,(H,22,25,26). The van der Waals surface area contributed by atoms with Gasteiger partial charge in [0.2, 0.25) is 11.8 Å². The minimum atomic E-state index is -0.930. The molecule has 0 bridgehead atoms. The molecule has 2 unspecified atom stereocenters. The lowest BCUT2D eigenvalue weighted by atomic mass is 10.0. The molecule has 0 radical (unpaired) electrons. The first-order chi connectivity index (χ1) is 13.4. The zero-order chi connectivity index (χ0) is 19.8. The summed E-state index contributed by atoms with van der Waals surface area (Å²) in [6, 6.07) is 4.60. The minimum Gasteiger partial charge on any atom is -0.328 e. The molecule has 4 amide bonds. The Morgan fingerprint density at radius 2 is 1.79 bits per heavy atom. The van der Waals surface area contributed by atoms with Crippen LogP contribution in [0.25, 0.3) is 0 Å². The Bertz CT molecular complexity index is 853. The number of benzene rings is 1. The highest BCUT2D eigenvalue weighted by molar-refractivity contribution is 6.23.